The molecule has 0 radical (unpaired) electrons. The lowest BCUT2D eigenvalue weighted by atomic mass is 9.84. The maximum atomic E-state index is 5.11. The largest absolute Gasteiger partial charge is 0.228 e. The van der Waals surface area contributed by atoms with E-state index in [1.54, 1.807) is 0 Å². The molecule has 5 heteroatoms. The van der Waals surface area contributed by atoms with Gasteiger partial charge in [-0.05, 0) is 49.9 Å². The third-order valence-corrected chi connectivity index (χ3v) is 11.4. The van der Waals surface area contributed by atoms with Gasteiger partial charge in [0.2, 0.25) is 0 Å². The van der Waals surface area contributed by atoms with Crippen molar-refractivity contribution in [3.63, 3.8) is 0 Å². The van der Waals surface area contributed by atoms with E-state index in [-0.39, 0.29) is 0 Å². The highest BCUT2D eigenvalue weighted by atomic mass is 15.0. The first kappa shape index (κ1) is 36.7. The lowest BCUT2D eigenvalue weighted by Crippen LogP contribution is -2.00. The fraction of sp³-hybridized carbons (Fsp3) is 0. The van der Waals surface area contributed by atoms with Gasteiger partial charge in [-0.2, -0.15) is 0 Å². The molecule has 11 aromatic rings. The second-order valence-electron chi connectivity index (χ2n) is 15.2. The summed E-state index contributed by atoms with van der Waals surface area (Å²) < 4.78 is 0. The Balaban J connectivity index is 1.04. The highest BCUT2D eigenvalue weighted by Crippen LogP contribution is 2.45. The molecule has 5 nitrogen and oxygen atoms in total. The molecule has 0 atom stereocenters. The van der Waals surface area contributed by atoms with Crippen molar-refractivity contribution < 1.29 is 0 Å². The fourth-order valence-corrected chi connectivity index (χ4v) is 8.34. The fourth-order valence-electron chi connectivity index (χ4n) is 8.34. The first-order valence-corrected chi connectivity index (χ1v) is 20.8. The molecule has 0 fully saturated rings. The molecule has 0 saturated heterocycles. The average Bonchev–Trinajstić information content (AvgIpc) is 3.37. The monoisotopic (exact) mass is 791 g/mol. The van der Waals surface area contributed by atoms with Crippen LogP contribution in [-0.2, 0) is 0 Å². The number of hydrogen-bond acceptors (Lipinski definition) is 5. The van der Waals surface area contributed by atoms with Crippen molar-refractivity contribution in [3.8, 4) is 90.3 Å². The molecule has 0 saturated carbocycles. The highest BCUT2D eigenvalue weighted by Gasteiger charge is 2.19. The third-order valence-electron chi connectivity index (χ3n) is 11.4. The van der Waals surface area contributed by atoms with Crippen LogP contribution in [0.25, 0.3) is 112 Å². The Hall–Kier alpha value is -8.41. The van der Waals surface area contributed by atoms with Crippen molar-refractivity contribution >= 4 is 21.5 Å². The zero-order valence-corrected chi connectivity index (χ0v) is 33.6. The van der Waals surface area contributed by atoms with E-state index in [1.807, 2.05) is 97.1 Å². The SMILES string of the molecule is c1ccc(-c2cc(-c3ccccc3)nc(-c3ccc(-c4c(-c5ccc(-c6nc(-c7ccccc7)nc(-c7ccccc7)n6)cc5)c5ccccc5c5ccccc45)cc3)n2)cc1. The summed E-state index contributed by atoms with van der Waals surface area (Å²) in [5.74, 6) is 2.58. The van der Waals surface area contributed by atoms with Crippen LogP contribution < -0.4 is 0 Å². The van der Waals surface area contributed by atoms with Crippen molar-refractivity contribution in [2.24, 2.45) is 0 Å². The lowest BCUT2D eigenvalue weighted by molar-refractivity contribution is 1.07. The number of nitrogens with zero attached hydrogens (tertiary/aromatic N) is 5. The number of fused-ring (bicyclic) bond motifs is 3. The van der Waals surface area contributed by atoms with Gasteiger partial charge in [0.25, 0.3) is 0 Å². The van der Waals surface area contributed by atoms with Crippen LogP contribution in [0.1, 0.15) is 0 Å². The van der Waals surface area contributed by atoms with Crippen molar-refractivity contribution in [3.05, 3.63) is 224 Å². The Morgan fingerprint density at radius 3 is 0.806 bits per heavy atom. The van der Waals surface area contributed by atoms with Crippen LogP contribution >= 0.6 is 0 Å². The van der Waals surface area contributed by atoms with Gasteiger partial charge >= 0.3 is 0 Å². The Labute approximate surface area is 359 Å². The van der Waals surface area contributed by atoms with Crippen molar-refractivity contribution in [2.45, 2.75) is 0 Å². The number of rotatable bonds is 8. The summed E-state index contributed by atoms with van der Waals surface area (Å²) in [5.41, 5.74) is 12.1. The molecule has 0 aliphatic rings. The topological polar surface area (TPSA) is 64.5 Å². The summed E-state index contributed by atoms with van der Waals surface area (Å²) in [6.07, 6.45) is 0. The molecule has 2 aromatic heterocycles. The molecule has 0 aliphatic carbocycles. The minimum Gasteiger partial charge on any atom is -0.228 e. The molecular weight excluding hydrogens is 755 g/mol. The number of benzene rings is 9. The van der Waals surface area contributed by atoms with Gasteiger partial charge in [-0.15, -0.1) is 0 Å². The van der Waals surface area contributed by atoms with Crippen molar-refractivity contribution in [1.29, 1.82) is 0 Å². The van der Waals surface area contributed by atoms with Crippen LogP contribution in [0.4, 0.5) is 0 Å². The Kier molecular flexibility index (Phi) is 9.45. The summed E-state index contributed by atoms with van der Waals surface area (Å²) >= 11 is 0. The standard InChI is InChI=1S/C57H37N5/c1-5-17-38(18-6-1)50-37-51(39-19-7-2-8-20-39)59-54(58-50)44-33-29-40(30-34-44)52-48-27-15-13-25-46(48)47-26-14-16-28-49(47)53(52)41-31-35-45(36-32-41)57-61-55(42-21-9-3-10-22-42)60-56(62-57)43-23-11-4-12-24-43/h1-37H. The summed E-state index contributed by atoms with van der Waals surface area (Å²) in [7, 11) is 0. The molecule has 0 amide bonds. The van der Waals surface area contributed by atoms with E-state index in [0.29, 0.717) is 23.3 Å². The van der Waals surface area contributed by atoms with Gasteiger partial charge in [-0.25, -0.2) is 24.9 Å². The normalized spacial score (nSPS) is 11.2. The molecule has 0 spiro atoms. The van der Waals surface area contributed by atoms with Crippen LogP contribution in [-0.4, -0.2) is 24.9 Å². The van der Waals surface area contributed by atoms with Crippen LogP contribution in [0.5, 0.6) is 0 Å². The Morgan fingerprint density at radius 2 is 0.452 bits per heavy atom. The van der Waals surface area contributed by atoms with E-state index in [9.17, 15) is 0 Å². The van der Waals surface area contributed by atoms with Gasteiger partial charge in [0.15, 0.2) is 23.3 Å². The predicted octanol–water partition coefficient (Wildman–Crippen LogP) is 14.3. The van der Waals surface area contributed by atoms with Crippen molar-refractivity contribution in [1.82, 2.24) is 24.9 Å². The number of hydrogen-bond donors (Lipinski definition) is 0. The van der Waals surface area contributed by atoms with Gasteiger partial charge in [-0.3, -0.25) is 0 Å². The molecular formula is C57H37N5. The summed E-state index contributed by atoms with van der Waals surface area (Å²) in [6, 6.07) is 77.7. The summed E-state index contributed by atoms with van der Waals surface area (Å²) in [6.45, 7) is 0. The zero-order chi connectivity index (χ0) is 41.2. The van der Waals surface area contributed by atoms with E-state index in [0.717, 1.165) is 61.5 Å². The maximum absolute atomic E-state index is 5.11. The predicted molar refractivity (Wildman–Crippen MR) is 254 cm³/mol. The zero-order valence-electron chi connectivity index (χ0n) is 33.6. The van der Waals surface area contributed by atoms with Gasteiger partial charge in [-0.1, -0.05) is 218 Å². The lowest BCUT2D eigenvalue weighted by Gasteiger charge is -2.19. The average molecular weight is 792 g/mol. The van der Waals surface area contributed by atoms with Crippen molar-refractivity contribution in [2.75, 3.05) is 0 Å². The second kappa shape index (κ2) is 16.0. The maximum Gasteiger partial charge on any atom is 0.164 e. The molecule has 9 aromatic carbocycles. The third kappa shape index (κ3) is 6.97. The van der Waals surface area contributed by atoms with E-state index < -0.39 is 0 Å². The molecule has 2 heterocycles. The minimum atomic E-state index is 0.623. The van der Waals surface area contributed by atoms with E-state index in [2.05, 4.69) is 127 Å². The molecule has 0 N–H and O–H groups in total. The molecule has 11 rings (SSSR count). The van der Waals surface area contributed by atoms with E-state index in [4.69, 9.17) is 24.9 Å². The second-order valence-corrected chi connectivity index (χ2v) is 15.2. The quantitative estimate of drug-likeness (QED) is 0.143. The van der Waals surface area contributed by atoms with Gasteiger partial charge < -0.3 is 0 Å². The van der Waals surface area contributed by atoms with Crippen LogP contribution in [0.3, 0.4) is 0 Å². The highest BCUT2D eigenvalue weighted by molar-refractivity contribution is 6.21. The molecule has 62 heavy (non-hydrogen) atoms. The number of aromatic nitrogens is 5. The molecule has 290 valence electrons. The first-order chi connectivity index (χ1) is 30.7. The van der Waals surface area contributed by atoms with Gasteiger partial charge in [0, 0.05) is 33.4 Å². The first-order valence-electron chi connectivity index (χ1n) is 20.8. The molecule has 0 unspecified atom stereocenters. The Bertz CT molecular complexity index is 3010. The van der Waals surface area contributed by atoms with Crippen LogP contribution in [0.2, 0.25) is 0 Å². The summed E-state index contributed by atoms with van der Waals surface area (Å²) in [5, 5.41) is 4.78. The van der Waals surface area contributed by atoms with Gasteiger partial charge in [0.1, 0.15) is 0 Å². The van der Waals surface area contributed by atoms with Gasteiger partial charge in [0.05, 0.1) is 11.4 Å². The van der Waals surface area contributed by atoms with Crippen LogP contribution in [0.15, 0.2) is 224 Å². The summed E-state index contributed by atoms with van der Waals surface area (Å²) in [4.78, 5) is 25.1. The smallest absolute Gasteiger partial charge is 0.164 e. The molecule has 0 aliphatic heterocycles. The molecule has 0 bridgehead atoms. The van der Waals surface area contributed by atoms with Crippen LogP contribution in [0, 0.1) is 0 Å². The van der Waals surface area contributed by atoms with E-state index in [1.165, 1.54) is 27.1 Å². The minimum absolute atomic E-state index is 0.623. The Morgan fingerprint density at radius 1 is 0.194 bits per heavy atom. The van der Waals surface area contributed by atoms with E-state index >= 15 is 0 Å².